The molecule has 0 saturated carbocycles. The van der Waals surface area contributed by atoms with E-state index in [1.165, 1.54) is 0 Å². The maximum Gasteiger partial charge on any atom is 0.343 e. The van der Waals surface area contributed by atoms with Crippen molar-refractivity contribution in [1.82, 2.24) is 0 Å². The van der Waals surface area contributed by atoms with Gasteiger partial charge in [0.2, 0.25) is 5.79 Å². The molecular weight excluding hydrogens is 264 g/mol. The Morgan fingerprint density at radius 3 is 2.95 bits per heavy atom. The van der Waals surface area contributed by atoms with Gasteiger partial charge >= 0.3 is 11.6 Å². The smallest absolute Gasteiger partial charge is 0.343 e. The summed E-state index contributed by atoms with van der Waals surface area (Å²) in [6.07, 6.45) is 1.45. The van der Waals surface area contributed by atoms with Crippen LogP contribution in [0.25, 0.3) is 0 Å². The molecular formula is C14H14O6. The maximum atomic E-state index is 12.1. The molecule has 2 fully saturated rings. The Balaban J connectivity index is 1.93. The zero-order chi connectivity index (χ0) is 13.9. The van der Waals surface area contributed by atoms with Crippen molar-refractivity contribution in [3.05, 3.63) is 27.8 Å². The van der Waals surface area contributed by atoms with E-state index in [2.05, 4.69) is 0 Å². The summed E-state index contributed by atoms with van der Waals surface area (Å²) in [5, 5.41) is 0. The van der Waals surface area contributed by atoms with E-state index in [4.69, 9.17) is 18.6 Å². The molecule has 3 aliphatic heterocycles. The van der Waals surface area contributed by atoms with Crippen LogP contribution >= 0.6 is 0 Å². The molecule has 1 aromatic rings. The van der Waals surface area contributed by atoms with Crippen LogP contribution in [0.5, 0.6) is 5.75 Å². The van der Waals surface area contributed by atoms with Crippen molar-refractivity contribution in [1.29, 1.82) is 0 Å². The number of hydrogen-bond acceptors (Lipinski definition) is 6. The fraction of sp³-hybridized carbons (Fsp3) is 0.571. The van der Waals surface area contributed by atoms with Gasteiger partial charge in [-0.1, -0.05) is 0 Å². The van der Waals surface area contributed by atoms with Gasteiger partial charge in [0, 0.05) is 18.4 Å². The molecule has 6 nitrogen and oxygen atoms in total. The second-order valence-corrected chi connectivity index (χ2v) is 5.50. The van der Waals surface area contributed by atoms with Gasteiger partial charge in [0.25, 0.3) is 0 Å². The number of ether oxygens (including phenoxy) is 3. The Morgan fingerprint density at radius 2 is 2.20 bits per heavy atom. The summed E-state index contributed by atoms with van der Waals surface area (Å²) in [6.45, 7) is 2.42. The maximum absolute atomic E-state index is 12.1. The lowest BCUT2D eigenvalue weighted by molar-refractivity contribution is -0.201. The normalized spacial score (nSPS) is 34.5. The van der Waals surface area contributed by atoms with Gasteiger partial charge in [0.05, 0.1) is 18.8 Å². The Bertz CT molecular complexity index is 640. The Labute approximate surface area is 114 Å². The van der Waals surface area contributed by atoms with Gasteiger partial charge in [-0.3, -0.25) is 4.79 Å². The molecule has 0 aromatic carbocycles. The third-order valence-electron chi connectivity index (χ3n) is 4.28. The predicted octanol–water partition coefficient (Wildman–Crippen LogP) is 1.10. The lowest BCUT2D eigenvalue weighted by Gasteiger charge is -2.39. The second-order valence-electron chi connectivity index (χ2n) is 5.50. The quantitative estimate of drug-likeness (QED) is 0.662. The topological polar surface area (TPSA) is 75.0 Å². The molecule has 0 aliphatic carbocycles. The Hall–Kier alpha value is -1.82. The zero-order valence-corrected chi connectivity index (χ0v) is 11.0. The van der Waals surface area contributed by atoms with Crippen molar-refractivity contribution in [2.24, 2.45) is 5.92 Å². The first kappa shape index (κ1) is 12.0. The minimum Gasteiger partial charge on any atom is -0.465 e. The first-order chi connectivity index (χ1) is 9.61. The minimum atomic E-state index is -0.981. The number of rotatable bonds is 0. The van der Waals surface area contributed by atoms with E-state index < -0.39 is 17.3 Å². The van der Waals surface area contributed by atoms with E-state index in [0.29, 0.717) is 30.1 Å². The molecule has 0 unspecified atom stereocenters. The highest BCUT2D eigenvalue weighted by Crippen LogP contribution is 2.51. The largest absolute Gasteiger partial charge is 0.465 e. The third-order valence-corrected chi connectivity index (χ3v) is 4.28. The molecule has 2 saturated heterocycles. The summed E-state index contributed by atoms with van der Waals surface area (Å²) < 4.78 is 22.0. The van der Waals surface area contributed by atoms with Crippen molar-refractivity contribution >= 4 is 5.97 Å². The van der Waals surface area contributed by atoms with E-state index in [1.807, 2.05) is 0 Å². The number of cyclic esters (lactones) is 1. The molecule has 0 amide bonds. The molecule has 3 atom stereocenters. The summed E-state index contributed by atoms with van der Waals surface area (Å²) in [5.74, 6) is -1.33. The summed E-state index contributed by atoms with van der Waals surface area (Å²) in [4.78, 5) is 24.1. The van der Waals surface area contributed by atoms with Gasteiger partial charge in [0.1, 0.15) is 17.4 Å². The predicted molar refractivity (Wildman–Crippen MR) is 65.5 cm³/mol. The molecule has 20 heavy (non-hydrogen) atoms. The van der Waals surface area contributed by atoms with Gasteiger partial charge < -0.3 is 18.6 Å². The average Bonchev–Trinajstić information content (AvgIpc) is 2.97. The van der Waals surface area contributed by atoms with Gasteiger partial charge in [-0.05, 0) is 13.3 Å². The van der Waals surface area contributed by atoms with Crippen molar-refractivity contribution in [3.63, 3.8) is 0 Å². The molecule has 1 spiro atoms. The highest BCUT2D eigenvalue weighted by molar-refractivity contribution is 5.78. The molecule has 0 radical (unpaired) electrons. The van der Waals surface area contributed by atoms with Crippen molar-refractivity contribution in [2.45, 2.75) is 31.5 Å². The number of carbonyl (C=O) groups excluding carboxylic acids is 1. The van der Waals surface area contributed by atoms with Gasteiger partial charge in [-0.25, -0.2) is 4.79 Å². The number of fused-ring (bicyclic) bond motifs is 4. The molecule has 0 N–H and O–H groups in total. The number of hydrogen-bond donors (Lipinski definition) is 0. The SMILES string of the molecule is Cc1cc2c(c(=O)o1)[C@@H]1COC(=O)[C@@H]1[C@]1(CCCO1)O2. The Kier molecular flexibility index (Phi) is 2.30. The van der Waals surface area contributed by atoms with Crippen LogP contribution in [-0.4, -0.2) is 25.0 Å². The molecule has 1 aromatic heterocycles. The first-order valence-electron chi connectivity index (χ1n) is 6.75. The van der Waals surface area contributed by atoms with Crippen molar-refractivity contribution < 1.29 is 23.4 Å². The van der Waals surface area contributed by atoms with E-state index in [0.717, 1.165) is 6.42 Å². The fourth-order valence-electron chi connectivity index (χ4n) is 3.48. The summed E-state index contributed by atoms with van der Waals surface area (Å²) in [6, 6.07) is 1.68. The molecule has 106 valence electrons. The van der Waals surface area contributed by atoms with E-state index in [9.17, 15) is 9.59 Å². The van der Waals surface area contributed by atoms with Crippen LogP contribution in [-0.2, 0) is 14.3 Å². The van der Waals surface area contributed by atoms with Crippen molar-refractivity contribution in [2.75, 3.05) is 13.2 Å². The van der Waals surface area contributed by atoms with Crippen LogP contribution in [0.1, 0.15) is 30.1 Å². The number of esters is 1. The fourth-order valence-corrected chi connectivity index (χ4v) is 3.48. The summed E-state index contributed by atoms with van der Waals surface area (Å²) in [5.41, 5.74) is -0.0614. The lowest BCUT2D eigenvalue weighted by Crippen LogP contribution is -2.51. The number of carbonyl (C=O) groups is 1. The van der Waals surface area contributed by atoms with E-state index in [-0.39, 0.29) is 18.5 Å². The highest BCUT2D eigenvalue weighted by atomic mass is 16.7. The van der Waals surface area contributed by atoms with Gasteiger partial charge in [-0.2, -0.15) is 0 Å². The van der Waals surface area contributed by atoms with Crippen LogP contribution in [0, 0.1) is 12.8 Å². The van der Waals surface area contributed by atoms with Crippen LogP contribution < -0.4 is 10.4 Å². The summed E-state index contributed by atoms with van der Waals surface area (Å²) >= 11 is 0. The average molecular weight is 278 g/mol. The number of aryl methyl sites for hydroxylation is 1. The minimum absolute atomic E-state index is 0.179. The molecule has 3 aliphatic rings. The molecule has 6 heteroatoms. The van der Waals surface area contributed by atoms with Crippen LogP contribution in [0.4, 0.5) is 0 Å². The monoisotopic (exact) mass is 278 g/mol. The zero-order valence-electron chi connectivity index (χ0n) is 11.0. The van der Waals surface area contributed by atoms with E-state index >= 15 is 0 Å². The lowest BCUT2D eigenvalue weighted by atomic mass is 9.79. The molecule has 4 heterocycles. The first-order valence-corrected chi connectivity index (χ1v) is 6.75. The standard InChI is InChI=1S/C14H14O6/c1-7-5-9-10(12(15)19-7)8-6-17-13(16)11(8)14(20-9)3-2-4-18-14/h5,8,11H,2-4,6H2,1H3/t8-,11+,14-/m0/s1. The highest BCUT2D eigenvalue weighted by Gasteiger charge is 2.61. The summed E-state index contributed by atoms with van der Waals surface area (Å²) in [7, 11) is 0. The van der Waals surface area contributed by atoms with Crippen LogP contribution in [0.15, 0.2) is 15.3 Å². The Morgan fingerprint density at radius 1 is 1.35 bits per heavy atom. The van der Waals surface area contributed by atoms with Crippen LogP contribution in [0.3, 0.4) is 0 Å². The van der Waals surface area contributed by atoms with Gasteiger partial charge in [0.15, 0.2) is 0 Å². The van der Waals surface area contributed by atoms with Crippen molar-refractivity contribution in [3.8, 4) is 5.75 Å². The van der Waals surface area contributed by atoms with Gasteiger partial charge in [-0.15, -0.1) is 0 Å². The van der Waals surface area contributed by atoms with Crippen LogP contribution in [0.2, 0.25) is 0 Å². The molecule has 0 bridgehead atoms. The second kappa shape index (κ2) is 3.85. The van der Waals surface area contributed by atoms with E-state index in [1.54, 1.807) is 13.0 Å². The molecule has 4 rings (SSSR count). The third kappa shape index (κ3) is 1.42.